The Bertz CT molecular complexity index is 758. The average Bonchev–Trinajstić information content (AvgIpc) is 2.44. The average molecular weight is 412 g/mol. The summed E-state index contributed by atoms with van der Waals surface area (Å²) in [4.78, 5) is 22.8. The monoisotopic (exact) mass is 411 g/mol. The Morgan fingerprint density at radius 2 is 1.84 bits per heavy atom. The van der Waals surface area contributed by atoms with Gasteiger partial charge < -0.3 is 15.2 Å². The van der Waals surface area contributed by atoms with Gasteiger partial charge in [0.25, 0.3) is 0 Å². The zero-order valence-electron chi connectivity index (χ0n) is 13.9. The van der Waals surface area contributed by atoms with Gasteiger partial charge in [0.15, 0.2) is 9.84 Å². The van der Waals surface area contributed by atoms with Gasteiger partial charge in [0.05, 0.1) is 20.7 Å². The molecule has 0 spiro atoms. The highest BCUT2D eigenvalue weighted by Crippen LogP contribution is 2.25. The summed E-state index contributed by atoms with van der Waals surface area (Å²) >= 11 is 11.5. The number of hydrogen-bond acceptors (Lipinski definition) is 5. The Morgan fingerprint density at radius 3 is 2.32 bits per heavy atom. The van der Waals surface area contributed by atoms with Gasteiger partial charge in [-0.1, -0.05) is 23.2 Å². The molecule has 0 aliphatic rings. The minimum atomic E-state index is -3.80. The number of nitrogens with one attached hydrogen (secondary N) is 1. The number of carbonyl (C=O) groups is 2. The number of aliphatic carboxylic acids is 1. The molecule has 1 aromatic carbocycles. The number of carbonyl (C=O) groups excluding carboxylic acids is 1. The predicted molar refractivity (Wildman–Crippen MR) is 93.9 cm³/mol. The number of ether oxygens (including phenoxy) is 1. The zero-order valence-corrected chi connectivity index (χ0v) is 16.2. The summed E-state index contributed by atoms with van der Waals surface area (Å²) < 4.78 is 29.6. The van der Waals surface area contributed by atoms with E-state index < -0.39 is 39.3 Å². The highest BCUT2D eigenvalue weighted by Gasteiger charge is 2.26. The lowest BCUT2D eigenvalue weighted by Crippen LogP contribution is -2.44. The normalized spacial score (nSPS) is 13.2. The molecule has 1 atom stereocenters. The number of halogens is 2. The SMILES string of the molecule is CC(C)(C)OC(=O)N[C@@H](CCS(=O)(=O)c1ccc(Cl)c(Cl)c1)C(=O)O. The minimum Gasteiger partial charge on any atom is -0.480 e. The van der Waals surface area contributed by atoms with Crippen LogP contribution >= 0.6 is 23.2 Å². The number of carboxylic acids is 1. The molecule has 0 radical (unpaired) electrons. The summed E-state index contributed by atoms with van der Waals surface area (Å²) in [6, 6.07) is 2.40. The van der Waals surface area contributed by atoms with E-state index in [1.807, 2.05) is 0 Å². The number of hydrogen-bond donors (Lipinski definition) is 2. The third kappa shape index (κ3) is 7.09. The maximum atomic E-state index is 12.3. The Morgan fingerprint density at radius 1 is 1.24 bits per heavy atom. The van der Waals surface area contributed by atoms with Gasteiger partial charge in [-0.3, -0.25) is 0 Å². The molecule has 0 aliphatic carbocycles. The largest absolute Gasteiger partial charge is 0.480 e. The molecule has 0 unspecified atom stereocenters. The maximum Gasteiger partial charge on any atom is 0.408 e. The highest BCUT2D eigenvalue weighted by atomic mass is 35.5. The van der Waals surface area contributed by atoms with Gasteiger partial charge in [-0.2, -0.15) is 0 Å². The number of benzene rings is 1. The molecular weight excluding hydrogens is 393 g/mol. The first kappa shape index (κ1) is 21.5. The second-order valence-corrected chi connectivity index (χ2v) is 9.14. The molecule has 2 N–H and O–H groups in total. The van der Waals surface area contributed by atoms with Crippen LogP contribution in [0.1, 0.15) is 27.2 Å². The van der Waals surface area contributed by atoms with Gasteiger partial charge in [0.1, 0.15) is 11.6 Å². The van der Waals surface area contributed by atoms with Crippen LogP contribution in [0.4, 0.5) is 4.79 Å². The van der Waals surface area contributed by atoms with Gasteiger partial charge in [0, 0.05) is 0 Å². The van der Waals surface area contributed by atoms with Crippen molar-refractivity contribution in [3.05, 3.63) is 28.2 Å². The summed E-state index contributed by atoms with van der Waals surface area (Å²) in [5.74, 6) is -1.87. The minimum absolute atomic E-state index is 0.0735. The molecule has 1 rings (SSSR count). The zero-order chi connectivity index (χ0) is 19.4. The van der Waals surface area contributed by atoms with Crippen LogP contribution < -0.4 is 5.32 Å². The van der Waals surface area contributed by atoms with Crippen molar-refractivity contribution in [1.82, 2.24) is 5.32 Å². The highest BCUT2D eigenvalue weighted by molar-refractivity contribution is 7.91. The molecule has 0 bridgehead atoms. The van der Waals surface area contributed by atoms with E-state index in [0.29, 0.717) is 0 Å². The standard InChI is InChI=1S/C15H19Cl2NO6S/c1-15(2,3)24-14(21)18-12(13(19)20)6-7-25(22,23)9-4-5-10(16)11(17)8-9/h4-5,8,12H,6-7H2,1-3H3,(H,18,21)(H,19,20)/t12-/m0/s1. The molecule has 7 nitrogen and oxygen atoms in total. The van der Waals surface area contributed by atoms with Crippen LogP contribution in [-0.4, -0.2) is 43.0 Å². The quantitative estimate of drug-likeness (QED) is 0.743. The van der Waals surface area contributed by atoms with Gasteiger partial charge in [0.2, 0.25) is 0 Å². The molecule has 25 heavy (non-hydrogen) atoms. The fourth-order valence-corrected chi connectivity index (χ4v) is 3.49. The molecule has 1 aromatic rings. The van der Waals surface area contributed by atoms with Crippen LogP contribution in [0.5, 0.6) is 0 Å². The van der Waals surface area contributed by atoms with Crippen molar-refractivity contribution < 1.29 is 27.9 Å². The van der Waals surface area contributed by atoms with Crippen LogP contribution in [-0.2, 0) is 19.4 Å². The third-order valence-corrected chi connectivity index (χ3v) is 5.40. The van der Waals surface area contributed by atoms with Crippen molar-refractivity contribution in [2.75, 3.05) is 5.75 Å². The molecule has 0 saturated heterocycles. The lowest BCUT2D eigenvalue weighted by molar-refractivity contribution is -0.139. The van der Waals surface area contributed by atoms with Crippen molar-refractivity contribution in [2.24, 2.45) is 0 Å². The first-order valence-corrected chi connectivity index (χ1v) is 9.63. The van der Waals surface area contributed by atoms with Gasteiger partial charge >= 0.3 is 12.1 Å². The van der Waals surface area contributed by atoms with Crippen molar-refractivity contribution in [3.63, 3.8) is 0 Å². The van der Waals surface area contributed by atoms with Gasteiger partial charge in [-0.05, 0) is 45.4 Å². The van der Waals surface area contributed by atoms with Crippen molar-refractivity contribution in [1.29, 1.82) is 0 Å². The van der Waals surface area contributed by atoms with E-state index in [1.54, 1.807) is 20.8 Å². The van der Waals surface area contributed by atoms with Crippen molar-refractivity contribution in [3.8, 4) is 0 Å². The number of carboxylic acid groups (broad SMARTS) is 1. The Kier molecular flexibility index (Phi) is 7.10. The van der Waals surface area contributed by atoms with Crippen LogP contribution in [0.15, 0.2) is 23.1 Å². The second-order valence-electron chi connectivity index (χ2n) is 6.22. The number of amides is 1. The lowest BCUT2D eigenvalue weighted by Gasteiger charge is -2.22. The molecule has 140 valence electrons. The molecule has 1 amide bonds. The van der Waals surface area contributed by atoms with Crippen LogP contribution in [0, 0.1) is 0 Å². The van der Waals surface area contributed by atoms with E-state index in [9.17, 15) is 18.0 Å². The molecule has 0 fully saturated rings. The maximum absolute atomic E-state index is 12.3. The first-order chi connectivity index (χ1) is 11.3. The number of rotatable bonds is 6. The Hall–Kier alpha value is -1.51. The first-order valence-electron chi connectivity index (χ1n) is 7.22. The second kappa shape index (κ2) is 8.25. The molecule has 0 heterocycles. The number of sulfone groups is 1. The summed E-state index contributed by atoms with van der Waals surface area (Å²) in [5.41, 5.74) is -0.806. The van der Waals surface area contributed by atoms with E-state index >= 15 is 0 Å². The summed E-state index contributed by atoms with van der Waals surface area (Å²) in [6.45, 7) is 4.87. The Balaban J connectivity index is 2.81. The topological polar surface area (TPSA) is 110 Å². The van der Waals surface area contributed by atoms with Gasteiger partial charge in [-0.15, -0.1) is 0 Å². The predicted octanol–water partition coefficient (Wildman–Crippen LogP) is 3.14. The molecular formula is C15H19Cl2NO6S. The molecule has 10 heteroatoms. The number of alkyl carbamates (subject to hydrolysis) is 1. The molecule has 0 aromatic heterocycles. The third-order valence-electron chi connectivity index (χ3n) is 2.91. The van der Waals surface area contributed by atoms with E-state index in [-0.39, 0.29) is 21.4 Å². The van der Waals surface area contributed by atoms with E-state index in [0.717, 1.165) is 0 Å². The fourth-order valence-electron chi connectivity index (χ4n) is 1.77. The smallest absolute Gasteiger partial charge is 0.408 e. The van der Waals surface area contributed by atoms with Crippen molar-refractivity contribution in [2.45, 2.75) is 43.7 Å². The molecule has 0 saturated carbocycles. The van der Waals surface area contributed by atoms with Crippen LogP contribution in [0.25, 0.3) is 0 Å². The summed E-state index contributed by atoms with van der Waals surface area (Å²) in [6.07, 6.45) is -1.27. The Labute approximate surface area is 156 Å². The van der Waals surface area contributed by atoms with Gasteiger partial charge in [-0.25, -0.2) is 18.0 Å². The molecule has 0 aliphatic heterocycles. The summed E-state index contributed by atoms with van der Waals surface area (Å²) in [7, 11) is -3.80. The van der Waals surface area contributed by atoms with Crippen LogP contribution in [0.2, 0.25) is 10.0 Å². The summed E-state index contributed by atoms with van der Waals surface area (Å²) in [5, 5.41) is 11.6. The van der Waals surface area contributed by atoms with Crippen LogP contribution in [0.3, 0.4) is 0 Å². The van der Waals surface area contributed by atoms with E-state index in [1.165, 1.54) is 18.2 Å². The van der Waals surface area contributed by atoms with E-state index in [2.05, 4.69) is 5.32 Å². The lowest BCUT2D eigenvalue weighted by atomic mass is 10.2. The van der Waals surface area contributed by atoms with Crippen molar-refractivity contribution >= 4 is 45.1 Å². The fraction of sp³-hybridized carbons (Fsp3) is 0.467. The van der Waals surface area contributed by atoms with E-state index in [4.69, 9.17) is 33.0 Å².